The average Bonchev–Trinajstić information content (AvgIpc) is 3.18. The Kier molecular flexibility index (Phi) is 6.66. The lowest BCUT2D eigenvalue weighted by molar-refractivity contribution is -0.121. The summed E-state index contributed by atoms with van der Waals surface area (Å²) in [6, 6.07) is 10.1. The Morgan fingerprint density at radius 2 is 1.91 bits per heavy atom. The van der Waals surface area contributed by atoms with Crippen molar-refractivity contribution >= 4 is 45.9 Å². The number of nitriles is 1. The average molecular weight is 465 g/mol. The molecule has 2 N–H and O–H groups in total. The maximum atomic E-state index is 13.1. The highest BCUT2D eigenvalue weighted by atomic mass is 35.5. The second kappa shape index (κ2) is 9.63. The van der Waals surface area contributed by atoms with E-state index in [0.717, 1.165) is 25.7 Å². The smallest absolute Gasteiger partial charge is 0.294 e. The molecule has 0 unspecified atom stereocenters. The van der Waals surface area contributed by atoms with Gasteiger partial charge in [0.15, 0.2) is 0 Å². The molecular formula is C25H25ClN4O3. The highest BCUT2D eigenvalue weighted by Gasteiger charge is 2.30. The first-order valence-electron chi connectivity index (χ1n) is 11.1. The summed E-state index contributed by atoms with van der Waals surface area (Å²) in [6.07, 6.45) is 5.06. The number of aromatic nitrogens is 1. The van der Waals surface area contributed by atoms with E-state index in [1.165, 1.54) is 6.20 Å². The number of furan rings is 1. The van der Waals surface area contributed by atoms with E-state index in [2.05, 4.69) is 35.5 Å². The van der Waals surface area contributed by atoms with Gasteiger partial charge in [0.1, 0.15) is 17.1 Å². The summed E-state index contributed by atoms with van der Waals surface area (Å²) < 4.78 is 5.80. The zero-order chi connectivity index (χ0) is 23.5. The minimum Gasteiger partial charge on any atom is -0.449 e. The highest BCUT2D eigenvalue weighted by Crippen LogP contribution is 2.36. The number of nitrogens with zero attached hydrogens (tertiary/aromatic N) is 2. The van der Waals surface area contributed by atoms with Crippen LogP contribution in [0.4, 0.5) is 11.5 Å². The van der Waals surface area contributed by atoms with E-state index in [9.17, 15) is 14.9 Å². The molecule has 1 fully saturated rings. The predicted octanol–water partition coefficient (Wildman–Crippen LogP) is 6.01. The van der Waals surface area contributed by atoms with E-state index in [-0.39, 0.29) is 23.3 Å². The number of carbonyl (C=O) groups is 2. The summed E-state index contributed by atoms with van der Waals surface area (Å²) in [5.74, 6) is 0.674. The van der Waals surface area contributed by atoms with Crippen LogP contribution in [0, 0.1) is 29.1 Å². The lowest BCUT2D eigenvalue weighted by Gasteiger charge is -2.30. The molecule has 4 rings (SSSR count). The number of benzene rings is 1. The van der Waals surface area contributed by atoms with E-state index >= 15 is 0 Å². The van der Waals surface area contributed by atoms with Gasteiger partial charge in [-0.1, -0.05) is 25.4 Å². The van der Waals surface area contributed by atoms with Gasteiger partial charge in [-0.05, 0) is 67.9 Å². The third-order valence-electron chi connectivity index (χ3n) is 6.33. The van der Waals surface area contributed by atoms with Crippen LogP contribution in [-0.2, 0) is 4.79 Å². The molecule has 3 aromatic rings. The lowest BCUT2D eigenvalue weighted by Crippen LogP contribution is -2.29. The van der Waals surface area contributed by atoms with Gasteiger partial charge in [-0.2, -0.15) is 5.26 Å². The molecule has 0 aliphatic heterocycles. The number of pyridine rings is 1. The number of amides is 2. The van der Waals surface area contributed by atoms with E-state index in [1.54, 1.807) is 30.3 Å². The number of hydrogen-bond acceptors (Lipinski definition) is 5. The Morgan fingerprint density at radius 3 is 2.55 bits per heavy atom. The third kappa shape index (κ3) is 5.01. The molecule has 0 saturated heterocycles. The summed E-state index contributed by atoms with van der Waals surface area (Å²) in [4.78, 5) is 30.2. The molecule has 170 valence electrons. The fraction of sp³-hybridized carbons (Fsp3) is 0.360. The summed E-state index contributed by atoms with van der Waals surface area (Å²) in [5, 5.41) is 15.9. The van der Waals surface area contributed by atoms with E-state index < -0.39 is 5.91 Å². The summed E-state index contributed by atoms with van der Waals surface area (Å²) in [6.45, 7) is 4.44. The van der Waals surface area contributed by atoms with Crippen molar-refractivity contribution in [1.82, 2.24) is 4.98 Å². The first-order valence-corrected chi connectivity index (χ1v) is 11.4. The molecule has 1 aromatic carbocycles. The van der Waals surface area contributed by atoms with Gasteiger partial charge in [0, 0.05) is 17.5 Å². The second-order valence-electron chi connectivity index (χ2n) is 8.79. The molecule has 2 heterocycles. The van der Waals surface area contributed by atoms with E-state index in [1.807, 2.05) is 0 Å². The zero-order valence-corrected chi connectivity index (χ0v) is 19.3. The van der Waals surface area contributed by atoms with Crippen molar-refractivity contribution in [2.24, 2.45) is 17.8 Å². The van der Waals surface area contributed by atoms with Crippen LogP contribution in [0.25, 0.3) is 11.0 Å². The third-order valence-corrected chi connectivity index (χ3v) is 6.55. The molecule has 1 aliphatic rings. The molecule has 2 amide bonds. The summed E-state index contributed by atoms with van der Waals surface area (Å²) >= 11 is 5.86. The molecule has 1 saturated carbocycles. The van der Waals surface area contributed by atoms with Gasteiger partial charge in [-0.3, -0.25) is 9.59 Å². The van der Waals surface area contributed by atoms with Crippen molar-refractivity contribution in [3.63, 3.8) is 0 Å². The highest BCUT2D eigenvalue weighted by molar-refractivity contribution is 6.30. The van der Waals surface area contributed by atoms with Crippen LogP contribution in [0.5, 0.6) is 0 Å². The van der Waals surface area contributed by atoms with Gasteiger partial charge >= 0.3 is 0 Å². The second-order valence-corrected chi connectivity index (χ2v) is 9.23. The molecule has 33 heavy (non-hydrogen) atoms. The molecule has 1 aliphatic carbocycles. The van der Waals surface area contributed by atoms with Gasteiger partial charge in [0.2, 0.25) is 11.7 Å². The molecule has 0 bridgehead atoms. The predicted molar refractivity (Wildman–Crippen MR) is 127 cm³/mol. The molecule has 0 atom stereocenters. The van der Waals surface area contributed by atoms with Crippen molar-refractivity contribution in [3.05, 3.63) is 52.9 Å². The summed E-state index contributed by atoms with van der Waals surface area (Å²) in [5.41, 5.74) is 1.08. The van der Waals surface area contributed by atoms with Crippen LogP contribution in [-0.4, -0.2) is 16.8 Å². The fourth-order valence-electron chi connectivity index (χ4n) is 4.35. The normalized spacial score (nSPS) is 18.2. The number of hydrogen-bond donors (Lipinski definition) is 2. The number of rotatable bonds is 5. The Labute approximate surface area is 197 Å². The SMILES string of the molecule is CC(C)C1CCC(C(=O)Nc2c(C(=O)Nc3ccc(Cl)cn3)oc3ccc(C#N)cc23)CC1. The van der Waals surface area contributed by atoms with Gasteiger partial charge in [-0.15, -0.1) is 0 Å². The lowest BCUT2D eigenvalue weighted by atomic mass is 9.76. The first-order chi connectivity index (χ1) is 15.9. The van der Waals surface area contributed by atoms with Crippen molar-refractivity contribution < 1.29 is 14.0 Å². The van der Waals surface area contributed by atoms with Crippen molar-refractivity contribution in [2.45, 2.75) is 39.5 Å². The van der Waals surface area contributed by atoms with Crippen LogP contribution in [0.1, 0.15) is 55.6 Å². The molecule has 0 spiro atoms. The standard InChI is InChI=1S/C25H25ClN4O3/c1-14(2)16-4-6-17(7-5-16)24(31)30-22-19-11-15(12-27)3-9-20(19)33-23(22)25(32)29-21-10-8-18(26)13-28-21/h3,8-11,13-14,16-17H,4-7H2,1-2H3,(H,30,31)(H,28,29,32). The van der Waals surface area contributed by atoms with Crippen molar-refractivity contribution in [2.75, 3.05) is 10.6 Å². The first kappa shape index (κ1) is 22.8. The quantitative estimate of drug-likeness (QED) is 0.481. The van der Waals surface area contributed by atoms with Crippen LogP contribution >= 0.6 is 11.6 Å². The number of nitrogens with one attached hydrogen (secondary N) is 2. The molecular weight excluding hydrogens is 440 g/mol. The number of carbonyl (C=O) groups excluding carboxylic acids is 2. The summed E-state index contributed by atoms with van der Waals surface area (Å²) in [7, 11) is 0. The molecule has 0 radical (unpaired) electrons. The molecule has 2 aromatic heterocycles. The monoisotopic (exact) mass is 464 g/mol. The van der Waals surface area contributed by atoms with Crippen LogP contribution in [0.2, 0.25) is 5.02 Å². The number of fused-ring (bicyclic) bond motifs is 1. The van der Waals surface area contributed by atoms with Gasteiger partial charge < -0.3 is 15.1 Å². The van der Waals surface area contributed by atoms with Crippen LogP contribution < -0.4 is 10.6 Å². The van der Waals surface area contributed by atoms with Gasteiger partial charge in [0.25, 0.3) is 5.91 Å². The van der Waals surface area contributed by atoms with E-state index in [4.69, 9.17) is 16.0 Å². The maximum Gasteiger partial charge on any atom is 0.294 e. The number of anilines is 2. The fourth-order valence-corrected chi connectivity index (χ4v) is 4.46. The Morgan fingerprint density at radius 1 is 1.15 bits per heavy atom. The Balaban J connectivity index is 1.62. The van der Waals surface area contributed by atoms with Crippen LogP contribution in [0.3, 0.4) is 0 Å². The molecule has 8 heteroatoms. The van der Waals surface area contributed by atoms with Crippen LogP contribution in [0.15, 0.2) is 40.9 Å². The zero-order valence-electron chi connectivity index (χ0n) is 18.5. The Bertz CT molecular complexity index is 1220. The maximum absolute atomic E-state index is 13.1. The van der Waals surface area contributed by atoms with Crippen molar-refractivity contribution in [3.8, 4) is 6.07 Å². The van der Waals surface area contributed by atoms with Gasteiger partial charge in [-0.25, -0.2) is 4.98 Å². The largest absolute Gasteiger partial charge is 0.449 e. The van der Waals surface area contributed by atoms with E-state index in [0.29, 0.717) is 39.2 Å². The van der Waals surface area contributed by atoms with Crippen molar-refractivity contribution in [1.29, 1.82) is 5.26 Å². The minimum atomic E-state index is -0.557. The Hall–Kier alpha value is -3.37. The molecule has 7 nitrogen and oxygen atoms in total. The minimum absolute atomic E-state index is 0.0407. The number of halogens is 1. The topological polar surface area (TPSA) is 108 Å². The van der Waals surface area contributed by atoms with Gasteiger partial charge in [0.05, 0.1) is 16.7 Å².